The molecule has 0 aliphatic carbocycles. The lowest BCUT2D eigenvalue weighted by atomic mass is 10.1. The van der Waals surface area contributed by atoms with Crippen LogP contribution in [0, 0.1) is 10.1 Å². The van der Waals surface area contributed by atoms with Crippen molar-refractivity contribution in [3.8, 4) is 0 Å². The Morgan fingerprint density at radius 1 is 1.34 bits per heavy atom. The predicted molar refractivity (Wildman–Crippen MR) is 117 cm³/mol. The van der Waals surface area contributed by atoms with Gasteiger partial charge in [-0.15, -0.1) is 24.8 Å². The fourth-order valence-corrected chi connectivity index (χ4v) is 3.19. The predicted octanol–water partition coefficient (Wildman–Crippen LogP) is 3.44. The lowest BCUT2D eigenvalue weighted by Crippen LogP contribution is -2.52. The van der Waals surface area contributed by atoms with Crippen molar-refractivity contribution in [3.63, 3.8) is 0 Å². The van der Waals surface area contributed by atoms with E-state index in [-0.39, 0.29) is 48.5 Å². The van der Waals surface area contributed by atoms with E-state index in [0.29, 0.717) is 17.8 Å². The fourth-order valence-electron chi connectivity index (χ4n) is 3.19. The number of hydrogen-bond donors (Lipinski definition) is 2. The van der Waals surface area contributed by atoms with Crippen LogP contribution in [0.3, 0.4) is 0 Å². The number of hydrogen-bond acceptors (Lipinski definition) is 6. The Morgan fingerprint density at radius 3 is 2.72 bits per heavy atom. The van der Waals surface area contributed by atoms with E-state index in [1.54, 1.807) is 23.2 Å². The van der Waals surface area contributed by atoms with Crippen LogP contribution >= 0.6 is 24.8 Å². The van der Waals surface area contributed by atoms with Gasteiger partial charge in [0.2, 0.25) is 0 Å². The summed E-state index contributed by atoms with van der Waals surface area (Å²) in [6.07, 6.45) is 1.68. The van der Waals surface area contributed by atoms with Gasteiger partial charge in [-0.2, -0.15) is 0 Å². The summed E-state index contributed by atoms with van der Waals surface area (Å²) >= 11 is 0. The number of halogens is 2. The average Bonchev–Trinajstić information content (AvgIpc) is 2.68. The zero-order valence-electron chi connectivity index (χ0n) is 16.2. The van der Waals surface area contributed by atoms with Crippen molar-refractivity contribution in [3.05, 3.63) is 64.0 Å². The van der Waals surface area contributed by atoms with Crippen LogP contribution in [0.15, 0.2) is 42.6 Å². The summed E-state index contributed by atoms with van der Waals surface area (Å²) in [6.45, 7) is 5.87. The van der Waals surface area contributed by atoms with E-state index in [1.807, 2.05) is 32.0 Å². The summed E-state index contributed by atoms with van der Waals surface area (Å²) in [5, 5.41) is 17.9. The molecule has 2 heterocycles. The molecule has 10 heteroatoms. The van der Waals surface area contributed by atoms with Gasteiger partial charge >= 0.3 is 0 Å². The molecule has 1 fully saturated rings. The highest BCUT2D eigenvalue weighted by atomic mass is 35.5. The number of carbonyl (C=O) groups is 1. The summed E-state index contributed by atoms with van der Waals surface area (Å²) in [5.74, 6) is -0.184. The second-order valence-corrected chi connectivity index (χ2v) is 6.66. The zero-order valence-corrected chi connectivity index (χ0v) is 17.8. The molecule has 1 aromatic heterocycles. The molecular formula is C19H25Cl2N5O3. The summed E-state index contributed by atoms with van der Waals surface area (Å²) in [5.41, 5.74) is 1.35. The molecule has 1 aliphatic rings. The molecule has 1 aliphatic heterocycles. The monoisotopic (exact) mass is 441 g/mol. The minimum absolute atomic E-state index is 0. The number of nitro benzene ring substituents is 1. The number of rotatable bonds is 5. The third-order valence-electron chi connectivity index (χ3n) is 4.71. The summed E-state index contributed by atoms with van der Waals surface area (Å²) in [7, 11) is 0. The van der Waals surface area contributed by atoms with Crippen molar-refractivity contribution in [1.29, 1.82) is 0 Å². The standard InChI is InChI=1S/C19H23N5O3.2ClH/c1-13-12-20-9-10-23(13)19(25)15-6-7-17(18(11-15)24(26)27)22-14(2)16-5-3-4-8-21-16;;/h3-8,11,13-14,20,22H,9-10,12H2,1-2H3;2*1H/t13-,14?;;/m1../s1. The number of nitrogens with one attached hydrogen (secondary N) is 2. The quantitative estimate of drug-likeness (QED) is 0.544. The Morgan fingerprint density at radius 2 is 2.10 bits per heavy atom. The number of piperazine rings is 1. The largest absolute Gasteiger partial charge is 0.371 e. The first kappa shape index (κ1) is 24.6. The van der Waals surface area contributed by atoms with Crippen molar-refractivity contribution >= 4 is 42.1 Å². The van der Waals surface area contributed by atoms with Crippen LogP contribution < -0.4 is 10.6 Å². The number of nitro groups is 1. The number of benzene rings is 1. The molecule has 1 saturated heterocycles. The van der Waals surface area contributed by atoms with E-state index in [0.717, 1.165) is 18.8 Å². The average molecular weight is 442 g/mol. The molecule has 29 heavy (non-hydrogen) atoms. The van der Waals surface area contributed by atoms with E-state index in [2.05, 4.69) is 15.6 Å². The van der Waals surface area contributed by atoms with Gasteiger partial charge in [-0.25, -0.2) is 0 Å². The molecular weight excluding hydrogens is 417 g/mol. The van der Waals surface area contributed by atoms with E-state index in [4.69, 9.17) is 0 Å². The maximum Gasteiger partial charge on any atom is 0.293 e. The number of anilines is 1. The third kappa shape index (κ3) is 5.79. The van der Waals surface area contributed by atoms with Gasteiger partial charge in [0, 0.05) is 43.5 Å². The molecule has 0 bridgehead atoms. The topological polar surface area (TPSA) is 100 Å². The van der Waals surface area contributed by atoms with E-state index < -0.39 is 4.92 Å². The minimum Gasteiger partial charge on any atom is -0.371 e. The summed E-state index contributed by atoms with van der Waals surface area (Å²) < 4.78 is 0. The normalized spacial score (nSPS) is 16.8. The minimum atomic E-state index is -0.467. The SMILES string of the molecule is CC(Nc1ccc(C(=O)N2CCNC[C@H]2C)cc1[N+](=O)[O-])c1ccccn1.Cl.Cl. The Balaban J connectivity index is 0.00000210. The molecule has 1 aromatic carbocycles. The lowest BCUT2D eigenvalue weighted by molar-refractivity contribution is -0.384. The molecule has 158 valence electrons. The van der Waals surface area contributed by atoms with Crippen molar-refractivity contribution < 1.29 is 9.72 Å². The molecule has 2 atom stereocenters. The smallest absolute Gasteiger partial charge is 0.293 e. The summed E-state index contributed by atoms with van der Waals surface area (Å²) in [6, 6.07) is 9.96. The van der Waals surface area contributed by atoms with Crippen LogP contribution in [0.4, 0.5) is 11.4 Å². The second-order valence-electron chi connectivity index (χ2n) is 6.66. The van der Waals surface area contributed by atoms with Crippen LogP contribution in [0.2, 0.25) is 0 Å². The van der Waals surface area contributed by atoms with Crippen molar-refractivity contribution in [2.75, 3.05) is 25.0 Å². The van der Waals surface area contributed by atoms with Crippen LogP contribution in [0.1, 0.15) is 35.9 Å². The summed E-state index contributed by atoms with van der Waals surface area (Å²) in [4.78, 5) is 29.9. The highest BCUT2D eigenvalue weighted by Gasteiger charge is 2.26. The Kier molecular flexibility index (Phi) is 9.29. The van der Waals surface area contributed by atoms with E-state index >= 15 is 0 Å². The molecule has 2 aromatic rings. The highest BCUT2D eigenvalue weighted by Crippen LogP contribution is 2.29. The van der Waals surface area contributed by atoms with Crippen LogP contribution in [-0.2, 0) is 0 Å². The molecule has 1 amide bonds. The second kappa shape index (κ2) is 10.9. The number of pyridine rings is 1. The molecule has 8 nitrogen and oxygen atoms in total. The van der Waals surface area contributed by atoms with Gasteiger partial charge in [0.05, 0.1) is 16.7 Å². The van der Waals surface area contributed by atoms with Gasteiger partial charge < -0.3 is 15.5 Å². The van der Waals surface area contributed by atoms with Crippen molar-refractivity contribution in [2.24, 2.45) is 0 Å². The molecule has 0 radical (unpaired) electrons. The fraction of sp³-hybridized carbons (Fsp3) is 0.368. The first-order valence-corrected chi connectivity index (χ1v) is 8.95. The number of amides is 1. The molecule has 1 unspecified atom stereocenters. The maximum atomic E-state index is 12.8. The van der Waals surface area contributed by atoms with Gasteiger partial charge in [-0.1, -0.05) is 6.07 Å². The Labute approximate surface area is 182 Å². The van der Waals surface area contributed by atoms with E-state index in [1.165, 1.54) is 6.07 Å². The van der Waals surface area contributed by atoms with Gasteiger partial charge in [-0.3, -0.25) is 19.9 Å². The molecule has 2 N–H and O–H groups in total. The first-order chi connectivity index (χ1) is 13.0. The zero-order chi connectivity index (χ0) is 19.4. The Hall–Kier alpha value is -2.42. The number of nitrogens with zero attached hydrogens (tertiary/aromatic N) is 3. The van der Waals surface area contributed by atoms with Crippen LogP contribution in [-0.4, -0.2) is 46.4 Å². The first-order valence-electron chi connectivity index (χ1n) is 8.95. The van der Waals surface area contributed by atoms with Crippen LogP contribution in [0.5, 0.6) is 0 Å². The lowest BCUT2D eigenvalue weighted by Gasteiger charge is -2.34. The third-order valence-corrected chi connectivity index (χ3v) is 4.71. The van der Waals surface area contributed by atoms with Gasteiger partial charge in [-0.05, 0) is 38.1 Å². The maximum absolute atomic E-state index is 12.8. The van der Waals surface area contributed by atoms with Crippen molar-refractivity contribution in [1.82, 2.24) is 15.2 Å². The number of carbonyl (C=O) groups excluding carboxylic acids is 1. The van der Waals surface area contributed by atoms with Gasteiger partial charge in [0.1, 0.15) is 5.69 Å². The highest BCUT2D eigenvalue weighted by molar-refractivity contribution is 5.96. The molecule has 3 rings (SSSR count). The number of aromatic nitrogens is 1. The van der Waals surface area contributed by atoms with Crippen LogP contribution in [0.25, 0.3) is 0 Å². The van der Waals surface area contributed by atoms with Gasteiger partial charge in [0.25, 0.3) is 11.6 Å². The van der Waals surface area contributed by atoms with Gasteiger partial charge in [0.15, 0.2) is 0 Å². The molecule has 0 spiro atoms. The Bertz CT molecular complexity index is 838. The molecule has 0 saturated carbocycles. The van der Waals surface area contributed by atoms with Crippen molar-refractivity contribution in [2.45, 2.75) is 25.9 Å². The van der Waals surface area contributed by atoms with E-state index in [9.17, 15) is 14.9 Å².